The number of nitrogens with zero attached hydrogens (tertiary/aromatic N) is 1. The second-order valence-electron chi connectivity index (χ2n) is 7.32. The van der Waals surface area contributed by atoms with Crippen molar-refractivity contribution < 1.29 is 18.7 Å². The first-order valence-corrected chi connectivity index (χ1v) is 9.28. The highest BCUT2D eigenvalue weighted by Gasteiger charge is 2.29. The van der Waals surface area contributed by atoms with Gasteiger partial charge in [-0.1, -0.05) is 39.0 Å². The molecule has 0 aliphatic carbocycles. The summed E-state index contributed by atoms with van der Waals surface area (Å²) in [4.78, 5) is 27.2. The van der Waals surface area contributed by atoms with E-state index >= 15 is 0 Å². The molecule has 1 aliphatic rings. The lowest BCUT2D eigenvalue weighted by atomic mass is 9.97. The number of benzene rings is 1. The van der Waals surface area contributed by atoms with Gasteiger partial charge in [0.1, 0.15) is 11.9 Å². The molecule has 144 valence electrons. The zero-order chi connectivity index (χ0) is 19.1. The van der Waals surface area contributed by atoms with Gasteiger partial charge in [-0.15, -0.1) is 0 Å². The van der Waals surface area contributed by atoms with E-state index in [0.717, 1.165) is 0 Å². The molecule has 2 rings (SSSR count). The summed E-state index contributed by atoms with van der Waals surface area (Å²) in [5.74, 6) is -0.740. The Morgan fingerprint density at radius 1 is 1.19 bits per heavy atom. The fourth-order valence-electron chi connectivity index (χ4n) is 3.10. The van der Waals surface area contributed by atoms with Gasteiger partial charge in [0.25, 0.3) is 0 Å². The lowest BCUT2D eigenvalue weighted by molar-refractivity contribution is -0.141. The summed E-state index contributed by atoms with van der Waals surface area (Å²) in [5.41, 5.74) is 0.509. The van der Waals surface area contributed by atoms with Crippen LogP contribution in [-0.2, 0) is 20.7 Å². The molecule has 2 amide bonds. The van der Waals surface area contributed by atoms with E-state index in [1.165, 1.54) is 6.07 Å². The number of hydrogen-bond acceptors (Lipinski definition) is 3. The predicted octanol–water partition coefficient (Wildman–Crippen LogP) is 2.39. The molecule has 1 aliphatic heterocycles. The van der Waals surface area contributed by atoms with E-state index in [1.54, 1.807) is 30.0 Å². The average Bonchev–Trinajstić information content (AvgIpc) is 2.62. The van der Waals surface area contributed by atoms with E-state index in [4.69, 9.17) is 4.74 Å². The topological polar surface area (TPSA) is 58.6 Å². The van der Waals surface area contributed by atoms with Crippen molar-refractivity contribution in [1.82, 2.24) is 10.2 Å². The van der Waals surface area contributed by atoms with Crippen molar-refractivity contribution in [2.75, 3.05) is 26.3 Å². The van der Waals surface area contributed by atoms with Crippen molar-refractivity contribution >= 4 is 11.8 Å². The van der Waals surface area contributed by atoms with Crippen molar-refractivity contribution in [1.29, 1.82) is 0 Å². The third kappa shape index (κ3) is 5.80. The van der Waals surface area contributed by atoms with E-state index in [-0.39, 0.29) is 23.5 Å². The third-order valence-corrected chi connectivity index (χ3v) is 4.58. The van der Waals surface area contributed by atoms with Crippen LogP contribution in [0.4, 0.5) is 4.39 Å². The highest BCUT2D eigenvalue weighted by atomic mass is 19.1. The molecule has 2 atom stereocenters. The smallest absolute Gasteiger partial charge is 0.245 e. The molecule has 0 radical (unpaired) electrons. The van der Waals surface area contributed by atoms with E-state index in [9.17, 15) is 14.0 Å². The van der Waals surface area contributed by atoms with Gasteiger partial charge in [0.15, 0.2) is 0 Å². The van der Waals surface area contributed by atoms with Gasteiger partial charge >= 0.3 is 0 Å². The van der Waals surface area contributed by atoms with Crippen LogP contribution in [0.15, 0.2) is 24.3 Å². The van der Waals surface area contributed by atoms with Crippen LogP contribution in [0.5, 0.6) is 0 Å². The highest BCUT2D eigenvalue weighted by molar-refractivity contribution is 5.88. The van der Waals surface area contributed by atoms with Crippen LogP contribution < -0.4 is 5.32 Å². The molecule has 0 bridgehead atoms. The normalized spacial score (nSPS) is 17.0. The molecule has 1 unspecified atom stereocenters. The number of morpholine rings is 1. The van der Waals surface area contributed by atoms with Gasteiger partial charge in [0.05, 0.1) is 13.2 Å². The predicted molar refractivity (Wildman–Crippen MR) is 98.1 cm³/mol. The quantitative estimate of drug-likeness (QED) is 0.808. The van der Waals surface area contributed by atoms with Crippen LogP contribution in [0.3, 0.4) is 0 Å². The zero-order valence-corrected chi connectivity index (χ0v) is 15.8. The Morgan fingerprint density at radius 2 is 1.85 bits per heavy atom. The minimum Gasteiger partial charge on any atom is -0.378 e. The fraction of sp³-hybridized carbons (Fsp3) is 0.600. The molecule has 1 fully saturated rings. The molecule has 1 aromatic carbocycles. The minimum absolute atomic E-state index is 0.0616. The Bertz CT molecular complexity index is 615. The van der Waals surface area contributed by atoms with Crippen LogP contribution in [0, 0.1) is 17.7 Å². The number of carbonyl (C=O) groups is 2. The molecule has 26 heavy (non-hydrogen) atoms. The zero-order valence-electron chi connectivity index (χ0n) is 15.8. The molecule has 1 N–H and O–H groups in total. The first-order chi connectivity index (χ1) is 12.4. The van der Waals surface area contributed by atoms with Crippen molar-refractivity contribution in [3.8, 4) is 0 Å². The van der Waals surface area contributed by atoms with E-state index in [2.05, 4.69) is 5.32 Å². The Morgan fingerprint density at radius 3 is 2.46 bits per heavy atom. The molecule has 1 aromatic rings. The van der Waals surface area contributed by atoms with Crippen LogP contribution in [0.2, 0.25) is 0 Å². The second kappa shape index (κ2) is 9.67. The maximum absolute atomic E-state index is 13.8. The molecule has 1 saturated heterocycles. The molecule has 0 saturated carbocycles. The average molecular weight is 364 g/mol. The largest absolute Gasteiger partial charge is 0.378 e. The summed E-state index contributed by atoms with van der Waals surface area (Å²) in [7, 11) is 0. The van der Waals surface area contributed by atoms with E-state index < -0.39 is 12.0 Å². The van der Waals surface area contributed by atoms with Crippen molar-refractivity contribution in [2.45, 2.75) is 39.7 Å². The number of nitrogens with one attached hydrogen (secondary N) is 1. The number of halogens is 1. The van der Waals surface area contributed by atoms with Crippen molar-refractivity contribution in [2.24, 2.45) is 11.8 Å². The van der Waals surface area contributed by atoms with Crippen molar-refractivity contribution in [3.63, 3.8) is 0 Å². The van der Waals surface area contributed by atoms with Gasteiger partial charge < -0.3 is 15.0 Å². The lowest BCUT2D eigenvalue weighted by Gasteiger charge is -2.31. The minimum atomic E-state index is -0.552. The Hall–Kier alpha value is -1.95. The number of hydrogen-bond donors (Lipinski definition) is 1. The van der Waals surface area contributed by atoms with E-state index in [1.807, 2.05) is 13.8 Å². The Labute approximate surface area is 154 Å². The van der Waals surface area contributed by atoms with Gasteiger partial charge in [-0.05, 0) is 30.4 Å². The standard InChI is InChI=1S/C20H29FN2O3/c1-14(2)12-18(20(25)23-8-10-26-11-9-23)22-19(24)15(3)13-16-6-4-5-7-17(16)21/h4-7,14-15,18H,8-13H2,1-3H3,(H,22,24)/t15?,18-/m1/s1. The maximum Gasteiger partial charge on any atom is 0.245 e. The SMILES string of the molecule is CC(C)C[C@@H](NC(=O)C(C)Cc1ccccc1F)C(=O)N1CCOCC1. The number of amides is 2. The maximum atomic E-state index is 13.8. The summed E-state index contributed by atoms with van der Waals surface area (Å²) >= 11 is 0. The summed E-state index contributed by atoms with van der Waals surface area (Å²) in [6, 6.07) is 5.91. The van der Waals surface area contributed by atoms with Crippen LogP contribution in [-0.4, -0.2) is 49.1 Å². The van der Waals surface area contributed by atoms with Gasteiger partial charge in [0, 0.05) is 19.0 Å². The summed E-state index contributed by atoms with van der Waals surface area (Å²) in [6.07, 6.45) is 0.882. The third-order valence-electron chi connectivity index (χ3n) is 4.58. The monoisotopic (exact) mass is 364 g/mol. The van der Waals surface area contributed by atoms with Gasteiger partial charge in [-0.25, -0.2) is 4.39 Å². The number of rotatable bonds is 7. The van der Waals surface area contributed by atoms with Gasteiger partial charge in [-0.3, -0.25) is 9.59 Å². The highest BCUT2D eigenvalue weighted by Crippen LogP contribution is 2.15. The van der Waals surface area contributed by atoms with Crippen LogP contribution in [0.25, 0.3) is 0 Å². The molecule has 0 spiro atoms. The van der Waals surface area contributed by atoms with Gasteiger partial charge in [-0.2, -0.15) is 0 Å². The second-order valence-corrected chi connectivity index (χ2v) is 7.32. The Balaban J connectivity index is 2.00. The first-order valence-electron chi connectivity index (χ1n) is 9.28. The molecule has 6 heteroatoms. The van der Waals surface area contributed by atoms with E-state index in [0.29, 0.717) is 44.7 Å². The summed E-state index contributed by atoms with van der Waals surface area (Å²) < 4.78 is 19.1. The fourth-order valence-corrected chi connectivity index (χ4v) is 3.10. The first kappa shape index (κ1) is 20.4. The molecular weight excluding hydrogens is 335 g/mol. The summed E-state index contributed by atoms with van der Waals surface area (Å²) in [6.45, 7) is 7.95. The number of carbonyl (C=O) groups excluding carboxylic acids is 2. The lowest BCUT2D eigenvalue weighted by Crippen LogP contribution is -2.53. The molecule has 1 heterocycles. The Kier molecular flexibility index (Phi) is 7.57. The van der Waals surface area contributed by atoms with Gasteiger partial charge in [0.2, 0.25) is 11.8 Å². The van der Waals surface area contributed by atoms with Crippen molar-refractivity contribution in [3.05, 3.63) is 35.6 Å². The molecule has 5 nitrogen and oxygen atoms in total. The summed E-state index contributed by atoms with van der Waals surface area (Å²) in [5, 5.41) is 2.89. The molecular formula is C20H29FN2O3. The van der Waals surface area contributed by atoms with Crippen LogP contribution in [0.1, 0.15) is 32.8 Å². The number of ether oxygens (including phenoxy) is 1. The molecule has 0 aromatic heterocycles. The van der Waals surface area contributed by atoms with Crippen LogP contribution >= 0.6 is 0 Å².